The van der Waals surface area contributed by atoms with E-state index in [2.05, 4.69) is 27.7 Å². The molecule has 0 bridgehead atoms. The van der Waals surface area contributed by atoms with Crippen molar-refractivity contribution in [1.82, 2.24) is 0 Å². The van der Waals surface area contributed by atoms with Crippen molar-refractivity contribution in [2.75, 3.05) is 0 Å². The zero-order chi connectivity index (χ0) is 25.8. The average molecular weight is 481 g/mol. The van der Waals surface area contributed by atoms with Crippen LogP contribution in [0.25, 0.3) is 0 Å². The highest BCUT2D eigenvalue weighted by molar-refractivity contribution is 6.13. The molecule has 0 radical (unpaired) electrons. The van der Waals surface area contributed by atoms with Crippen LogP contribution in [0.1, 0.15) is 106 Å². The zero-order valence-corrected chi connectivity index (χ0v) is 21.3. The lowest BCUT2D eigenvalue weighted by Crippen LogP contribution is -2.62. The quantitative estimate of drug-likeness (QED) is 0.365. The van der Waals surface area contributed by atoms with Gasteiger partial charge in [-0.25, -0.2) is 0 Å². The number of carboxylic acid groups (broad SMARTS) is 1. The smallest absolute Gasteiger partial charge is 0.309 e. The van der Waals surface area contributed by atoms with E-state index in [-0.39, 0.29) is 44.8 Å². The highest BCUT2D eigenvalue weighted by Gasteiger charge is 2.67. The van der Waals surface area contributed by atoms with Gasteiger partial charge in [0.05, 0.1) is 11.0 Å². The summed E-state index contributed by atoms with van der Waals surface area (Å²) in [4.78, 5) is 37.5. The Morgan fingerprint density at radius 3 is 2.29 bits per heavy atom. The first kappa shape index (κ1) is 24.1. The van der Waals surface area contributed by atoms with E-state index in [1.54, 1.807) is 6.08 Å². The largest absolute Gasteiger partial charge is 0.504 e. The topological polar surface area (TPSA) is 112 Å². The van der Waals surface area contributed by atoms with Crippen LogP contribution in [-0.4, -0.2) is 33.4 Å². The van der Waals surface area contributed by atoms with E-state index < -0.39 is 22.5 Å². The van der Waals surface area contributed by atoms with E-state index in [4.69, 9.17) is 0 Å². The van der Waals surface area contributed by atoms with E-state index in [1.165, 1.54) is 6.07 Å². The molecular formula is C29H36O6. The van der Waals surface area contributed by atoms with Gasteiger partial charge >= 0.3 is 5.97 Å². The highest BCUT2D eigenvalue weighted by Crippen LogP contribution is 2.74. The first-order valence-corrected chi connectivity index (χ1v) is 12.7. The van der Waals surface area contributed by atoms with E-state index in [0.717, 1.165) is 31.3 Å². The fraction of sp³-hybridized carbons (Fsp3) is 0.621. The molecule has 0 aromatic heterocycles. The second kappa shape index (κ2) is 6.98. The Labute approximate surface area is 206 Å². The van der Waals surface area contributed by atoms with Crippen LogP contribution in [0.3, 0.4) is 0 Å². The second-order valence-corrected chi connectivity index (χ2v) is 13.0. The lowest BCUT2D eigenvalue weighted by atomic mass is 9.34. The minimum atomic E-state index is -0.752. The number of aldehydes is 1. The lowest BCUT2D eigenvalue weighted by Gasteiger charge is -2.69. The molecule has 0 amide bonds. The summed E-state index contributed by atoms with van der Waals surface area (Å²) in [6.45, 7) is 10.8. The number of fused-ring (bicyclic) bond motifs is 7. The molecule has 0 heterocycles. The van der Waals surface area contributed by atoms with Crippen LogP contribution >= 0.6 is 0 Å². The number of aliphatic carboxylic acids is 1. The summed E-state index contributed by atoms with van der Waals surface area (Å²) in [7, 11) is 0. The number of allylic oxidation sites excluding steroid dienone is 2. The third kappa shape index (κ3) is 2.80. The summed E-state index contributed by atoms with van der Waals surface area (Å²) >= 11 is 0. The molecule has 1 unspecified atom stereocenters. The van der Waals surface area contributed by atoms with Crippen LogP contribution in [0.5, 0.6) is 11.5 Å². The molecule has 6 heteroatoms. The highest BCUT2D eigenvalue weighted by atomic mass is 16.4. The van der Waals surface area contributed by atoms with Gasteiger partial charge in [0.2, 0.25) is 0 Å². The number of hydrogen-bond acceptors (Lipinski definition) is 5. The second-order valence-electron chi connectivity index (χ2n) is 13.0. The molecule has 35 heavy (non-hydrogen) atoms. The average Bonchev–Trinajstić information content (AvgIpc) is 2.80. The molecule has 4 aliphatic rings. The predicted octanol–water partition coefficient (Wildman–Crippen LogP) is 5.79. The molecule has 3 N–H and O–H groups in total. The van der Waals surface area contributed by atoms with Gasteiger partial charge < -0.3 is 15.3 Å². The lowest BCUT2D eigenvalue weighted by molar-refractivity contribution is -0.177. The van der Waals surface area contributed by atoms with E-state index >= 15 is 0 Å². The third-order valence-electron chi connectivity index (χ3n) is 11.4. The van der Waals surface area contributed by atoms with E-state index in [9.17, 15) is 29.7 Å². The fourth-order valence-corrected chi connectivity index (χ4v) is 8.67. The van der Waals surface area contributed by atoms with Crippen molar-refractivity contribution in [3.05, 3.63) is 34.4 Å². The molecule has 0 saturated heterocycles. The van der Waals surface area contributed by atoms with Gasteiger partial charge in [0.15, 0.2) is 23.6 Å². The van der Waals surface area contributed by atoms with Gasteiger partial charge in [-0.15, -0.1) is 0 Å². The van der Waals surface area contributed by atoms with Gasteiger partial charge in [0.1, 0.15) is 0 Å². The van der Waals surface area contributed by atoms with Crippen molar-refractivity contribution >= 4 is 18.0 Å². The minimum absolute atomic E-state index is 0.0584. The maximum atomic E-state index is 13.5. The molecular weight excluding hydrogens is 444 g/mol. The number of rotatable bonds is 2. The number of hydrogen-bond donors (Lipinski definition) is 3. The summed E-state index contributed by atoms with van der Waals surface area (Å²) < 4.78 is 0. The van der Waals surface area contributed by atoms with Crippen LogP contribution in [0.15, 0.2) is 17.7 Å². The molecule has 188 valence electrons. The Hall–Kier alpha value is -2.63. The van der Waals surface area contributed by atoms with Gasteiger partial charge in [-0.3, -0.25) is 14.4 Å². The van der Waals surface area contributed by atoms with Gasteiger partial charge in [-0.05, 0) is 97.3 Å². The van der Waals surface area contributed by atoms with Crippen LogP contribution in [0.4, 0.5) is 0 Å². The monoisotopic (exact) mass is 480 g/mol. The Kier molecular flexibility index (Phi) is 4.80. The molecule has 6 nitrogen and oxygen atoms in total. The van der Waals surface area contributed by atoms with Crippen molar-refractivity contribution < 1.29 is 29.7 Å². The summed E-state index contributed by atoms with van der Waals surface area (Å²) in [5.41, 5.74) is -0.155. The fourth-order valence-electron chi connectivity index (χ4n) is 8.67. The van der Waals surface area contributed by atoms with Crippen molar-refractivity contribution in [1.29, 1.82) is 0 Å². The van der Waals surface area contributed by atoms with Crippen molar-refractivity contribution in [2.45, 2.75) is 85.0 Å². The summed E-state index contributed by atoms with van der Waals surface area (Å²) in [5, 5.41) is 30.8. The Morgan fingerprint density at radius 1 is 1.00 bits per heavy atom. The standard InChI is InChI=1S/C29H36O6/c1-25-6-7-26(2,24(34)35)14-21(25)29(5)11-9-27(3)17-12-19(32)23(33)16(15-30)22(17)18(31)13-20(27)28(29,4)10-8-25/h12-13,15,21,32-33H,6-11,14H2,1-5H3,(H,34,35)/t21?,25-,26-,27+,28-,29+/m1/s1. The van der Waals surface area contributed by atoms with E-state index in [1.807, 2.05) is 6.92 Å². The third-order valence-corrected chi connectivity index (χ3v) is 11.4. The number of phenols is 2. The molecule has 5 rings (SSSR count). The maximum absolute atomic E-state index is 13.5. The number of phenolic OH excluding ortho intramolecular Hbond substituents is 2. The normalized spacial score (nSPS) is 42.1. The molecule has 3 saturated carbocycles. The van der Waals surface area contributed by atoms with E-state index in [0.29, 0.717) is 31.1 Å². The molecule has 1 aromatic rings. The summed E-state index contributed by atoms with van der Waals surface area (Å²) in [6, 6.07) is 1.46. The molecule has 4 aliphatic carbocycles. The van der Waals surface area contributed by atoms with Gasteiger partial charge in [-0.1, -0.05) is 27.7 Å². The van der Waals surface area contributed by atoms with Crippen molar-refractivity contribution in [2.24, 2.45) is 27.6 Å². The first-order valence-electron chi connectivity index (χ1n) is 12.7. The van der Waals surface area contributed by atoms with Gasteiger partial charge in [-0.2, -0.15) is 0 Å². The number of benzene rings is 1. The van der Waals surface area contributed by atoms with Crippen molar-refractivity contribution in [3.8, 4) is 11.5 Å². The number of carboxylic acids is 1. The van der Waals surface area contributed by atoms with Crippen LogP contribution < -0.4 is 0 Å². The molecule has 1 aromatic carbocycles. The number of carbonyl (C=O) groups is 3. The predicted molar refractivity (Wildman–Crippen MR) is 131 cm³/mol. The number of carbonyl (C=O) groups excluding carboxylic acids is 2. The van der Waals surface area contributed by atoms with Crippen LogP contribution in [0, 0.1) is 27.6 Å². The molecule has 3 fully saturated rings. The molecule has 0 spiro atoms. The van der Waals surface area contributed by atoms with Crippen molar-refractivity contribution in [3.63, 3.8) is 0 Å². The van der Waals surface area contributed by atoms with Crippen LogP contribution in [0.2, 0.25) is 0 Å². The first-order chi connectivity index (χ1) is 16.2. The molecule has 0 aliphatic heterocycles. The summed E-state index contributed by atoms with van der Waals surface area (Å²) in [5.74, 6) is -1.79. The Morgan fingerprint density at radius 2 is 1.66 bits per heavy atom. The van der Waals surface area contributed by atoms with Gasteiger partial charge in [0, 0.05) is 11.0 Å². The summed E-state index contributed by atoms with van der Waals surface area (Å²) in [6.07, 6.45) is 7.76. The SMILES string of the molecule is C[C@@]1(C(=O)O)CC[C@]2(C)CC[C@]3(C)C4=CC(=O)c5c(cc(O)c(O)c5C=O)[C@]4(C)CC[C@@]3(C)C2C1. The minimum Gasteiger partial charge on any atom is -0.504 e. The Balaban J connectivity index is 1.68. The number of ketones is 1. The molecule has 6 atom stereocenters. The zero-order valence-electron chi connectivity index (χ0n) is 21.3. The Bertz CT molecular complexity index is 1210. The van der Waals surface area contributed by atoms with Gasteiger partial charge in [0.25, 0.3) is 0 Å². The number of aromatic hydroxyl groups is 2. The van der Waals surface area contributed by atoms with Crippen LogP contribution in [-0.2, 0) is 10.2 Å². The maximum Gasteiger partial charge on any atom is 0.309 e.